The van der Waals surface area contributed by atoms with E-state index in [0.29, 0.717) is 0 Å². The third kappa shape index (κ3) is 1.44. The van der Waals surface area contributed by atoms with Gasteiger partial charge in [-0.2, -0.15) is 0 Å². The van der Waals surface area contributed by atoms with Gasteiger partial charge in [0, 0.05) is 11.6 Å². The van der Waals surface area contributed by atoms with Crippen molar-refractivity contribution < 1.29 is 4.98 Å². The topological polar surface area (TPSA) is 29.9 Å². The van der Waals surface area contributed by atoms with Crippen LogP contribution in [0.5, 0.6) is 0 Å². The highest BCUT2D eigenvalue weighted by Crippen LogP contribution is 2.30. The number of fused-ring (bicyclic) bond motifs is 6. The summed E-state index contributed by atoms with van der Waals surface area (Å²) >= 11 is 0. The second-order valence-electron chi connectivity index (χ2n) is 5.49. The molecule has 0 atom stereocenters. The van der Waals surface area contributed by atoms with Crippen LogP contribution in [0.4, 0.5) is 0 Å². The first kappa shape index (κ1) is 10.9. The molecule has 2 aromatic heterocycles. The van der Waals surface area contributed by atoms with E-state index in [-0.39, 0.29) is 0 Å². The van der Waals surface area contributed by atoms with Gasteiger partial charge in [-0.1, -0.05) is 36.4 Å². The van der Waals surface area contributed by atoms with Gasteiger partial charge >= 0.3 is 0 Å². The van der Waals surface area contributed by atoms with E-state index in [2.05, 4.69) is 70.6 Å². The molecule has 0 saturated heterocycles. The molecule has 0 aliphatic rings. The number of pyridine rings is 1. The maximum Gasteiger partial charge on any atom is 0.221 e. The van der Waals surface area contributed by atoms with E-state index >= 15 is 0 Å². The third-order valence-corrected chi connectivity index (χ3v) is 4.27. The van der Waals surface area contributed by atoms with Crippen molar-refractivity contribution >= 4 is 43.5 Å². The summed E-state index contributed by atoms with van der Waals surface area (Å²) in [5.74, 6) is 0. The summed E-state index contributed by atoms with van der Waals surface area (Å²) < 4.78 is 0. The number of rotatable bonds is 0. The van der Waals surface area contributed by atoms with Gasteiger partial charge in [0.25, 0.3) is 0 Å². The number of aromatic amines is 2. The Morgan fingerprint density at radius 1 is 0.714 bits per heavy atom. The number of nitrogens with one attached hydrogen (secondary N) is 2. The summed E-state index contributed by atoms with van der Waals surface area (Å²) in [6.07, 6.45) is 2.00. The monoisotopic (exact) mass is 269 g/mol. The van der Waals surface area contributed by atoms with Gasteiger partial charge in [0.2, 0.25) is 5.52 Å². The Morgan fingerprint density at radius 2 is 1.52 bits per heavy atom. The molecule has 0 amide bonds. The molecule has 0 radical (unpaired) electrons. The molecule has 0 spiro atoms. The SMILES string of the molecule is c1ccc2[nH]c3c(ccc4ccc5cc[nH+]c5c43)cc2c1. The summed E-state index contributed by atoms with van der Waals surface area (Å²) in [7, 11) is 0. The maximum absolute atomic E-state index is 3.61. The fourth-order valence-corrected chi connectivity index (χ4v) is 3.25. The van der Waals surface area contributed by atoms with Crippen molar-refractivity contribution in [2.24, 2.45) is 0 Å². The average Bonchev–Trinajstić information content (AvgIpc) is 3.01. The van der Waals surface area contributed by atoms with Gasteiger partial charge in [0.05, 0.1) is 16.3 Å². The summed E-state index contributed by atoms with van der Waals surface area (Å²) in [6, 6.07) is 21.5. The molecule has 0 unspecified atom stereocenters. The zero-order chi connectivity index (χ0) is 13.8. The van der Waals surface area contributed by atoms with Gasteiger partial charge in [0.1, 0.15) is 0 Å². The van der Waals surface area contributed by atoms with Crippen molar-refractivity contribution in [3.05, 3.63) is 66.9 Å². The number of para-hydroxylation sites is 1. The Kier molecular flexibility index (Phi) is 1.98. The summed E-state index contributed by atoms with van der Waals surface area (Å²) in [6.45, 7) is 0. The summed E-state index contributed by atoms with van der Waals surface area (Å²) in [4.78, 5) is 7.00. The Hall–Kier alpha value is -2.87. The molecule has 0 aliphatic heterocycles. The lowest BCUT2D eigenvalue weighted by Gasteiger charge is -2.06. The minimum absolute atomic E-state index is 1.17. The number of aromatic nitrogens is 2. The molecule has 21 heavy (non-hydrogen) atoms. The molecular weight excluding hydrogens is 256 g/mol. The smallest absolute Gasteiger partial charge is 0.221 e. The van der Waals surface area contributed by atoms with E-state index in [1.54, 1.807) is 0 Å². The first-order valence-corrected chi connectivity index (χ1v) is 7.14. The van der Waals surface area contributed by atoms with Gasteiger partial charge in [-0.25, -0.2) is 4.98 Å². The van der Waals surface area contributed by atoms with Crippen LogP contribution in [0.1, 0.15) is 0 Å². The highest BCUT2D eigenvalue weighted by molar-refractivity contribution is 6.17. The quantitative estimate of drug-likeness (QED) is 0.318. The van der Waals surface area contributed by atoms with Crippen LogP contribution in [-0.2, 0) is 0 Å². The van der Waals surface area contributed by atoms with E-state index in [1.165, 1.54) is 43.5 Å². The lowest BCUT2D eigenvalue weighted by molar-refractivity contribution is -0.339. The molecule has 2 heteroatoms. The zero-order valence-electron chi connectivity index (χ0n) is 11.4. The van der Waals surface area contributed by atoms with E-state index in [0.717, 1.165) is 0 Å². The van der Waals surface area contributed by atoms with Crippen LogP contribution < -0.4 is 4.98 Å². The molecule has 5 aromatic rings. The molecule has 2 heterocycles. The van der Waals surface area contributed by atoms with E-state index in [9.17, 15) is 0 Å². The number of hydrogen-bond acceptors (Lipinski definition) is 0. The maximum atomic E-state index is 3.61. The Morgan fingerprint density at radius 3 is 2.48 bits per heavy atom. The fraction of sp³-hybridized carbons (Fsp3) is 0. The minimum Gasteiger partial charge on any atom is -0.354 e. The van der Waals surface area contributed by atoms with Crippen molar-refractivity contribution in [2.45, 2.75) is 0 Å². The molecule has 0 bridgehead atoms. The van der Waals surface area contributed by atoms with Crippen LogP contribution in [0.25, 0.3) is 43.5 Å². The second-order valence-corrected chi connectivity index (χ2v) is 5.49. The van der Waals surface area contributed by atoms with Gasteiger partial charge in [-0.05, 0) is 34.4 Å². The molecule has 98 valence electrons. The first-order chi connectivity index (χ1) is 10.4. The van der Waals surface area contributed by atoms with Crippen LogP contribution in [0.2, 0.25) is 0 Å². The van der Waals surface area contributed by atoms with Crippen LogP contribution >= 0.6 is 0 Å². The van der Waals surface area contributed by atoms with Crippen molar-refractivity contribution in [1.82, 2.24) is 4.98 Å². The molecule has 0 aliphatic carbocycles. The van der Waals surface area contributed by atoms with E-state index in [1.807, 2.05) is 6.20 Å². The van der Waals surface area contributed by atoms with Crippen molar-refractivity contribution in [3.8, 4) is 0 Å². The highest BCUT2D eigenvalue weighted by atomic mass is 14.7. The third-order valence-electron chi connectivity index (χ3n) is 4.27. The fourth-order valence-electron chi connectivity index (χ4n) is 3.25. The minimum atomic E-state index is 1.17. The van der Waals surface area contributed by atoms with Crippen molar-refractivity contribution in [2.75, 3.05) is 0 Å². The number of benzene rings is 3. The van der Waals surface area contributed by atoms with Gasteiger partial charge in [-0.15, -0.1) is 0 Å². The van der Waals surface area contributed by atoms with Crippen LogP contribution in [0, 0.1) is 0 Å². The second kappa shape index (κ2) is 3.83. The summed E-state index contributed by atoms with van der Waals surface area (Å²) in [5, 5.41) is 6.24. The van der Waals surface area contributed by atoms with Gasteiger partial charge in [0.15, 0.2) is 6.20 Å². The molecule has 2 nitrogen and oxygen atoms in total. The predicted octanol–water partition coefficient (Wildman–Crippen LogP) is 4.44. The van der Waals surface area contributed by atoms with Crippen molar-refractivity contribution in [1.29, 1.82) is 0 Å². The molecule has 2 N–H and O–H groups in total. The molecule has 0 saturated carbocycles. The average molecular weight is 269 g/mol. The lowest BCUT2D eigenvalue weighted by Crippen LogP contribution is -1.96. The van der Waals surface area contributed by atoms with Crippen LogP contribution in [-0.4, -0.2) is 4.98 Å². The van der Waals surface area contributed by atoms with Gasteiger partial charge in [-0.3, -0.25) is 0 Å². The highest BCUT2D eigenvalue weighted by Gasteiger charge is 2.11. The zero-order valence-corrected chi connectivity index (χ0v) is 11.4. The van der Waals surface area contributed by atoms with Gasteiger partial charge < -0.3 is 4.98 Å². The van der Waals surface area contributed by atoms with E-state index in [4.69, 9.17) is 0 Å². The Labute approximate surface area is 121 Å². The standard InChI is InChI=1S/C19H12N2/c1-2-4-16-14(3-1)11-15-8-6-12-5-7-13-9-10-20-18(13)17(12)19(15)21-16/h1-11,21H/p+1. The Bertz CT molecular complexity index is 1140. The largest absolute Gasteiger partial charge is 0.354 e. The molecule has 3 aromatic carbocycles. The van der Waals surface area contributed by atoms with Crippen LogP contribution in [0.3, 0.4) is 0 Å². The lowest BCUT2D eigenvalue weighted by atomic mass is 10.0. The molecule has 5 rings (SSSR count). The predicted molar refractivity (Wildman–Crippen MR) is 87.4 cm³/mol. The normalized spacial score (nSPS) is 11.8. The Balaban J connectivity index is 2.11. The molecular formula is C19H13N2+. The number of H-pyrrole nitrogens is 2. The van der Waals surface area contributed by atoms with Crippen LogP contribution in [0.15, 0.2) is 66.9 Å². The molecule has 0 fully saturated rings. The van der Waals surface area contributed by atoms with Crippen molar-refractivity contribution in [3.63, 3.8) is 0 Å². The van der Waals surface area contributed by atoms with E-state index < -0.39 is 0 Å². The number of hydrogen-bond donors (Lipinski definition) is 1. The first-order valence-electron chi connectivity index (χ1n) is 7.14. The summed E-state index contributed by atoms with van der Waals surface area (Å²) in [5.41, 5.74) is 3.56.